The van der Waals surface area contributed by atoms with Gasteiger partial charge in [-0.05, 0) is 32.2 Å². The minimum atomic E-state index is -0.704. The number of hydrogen-bond acceptors (Lipinski definition) is 6. The van der Waals surface area contributed by atoms with E-state index in [2.05, 4.69) is 5.32 Å². The van der Waals surface area contributed by atoms with Crippen LogP contribution in [0.2, 0.25) is 0 Å². The highest BCUT2D eigenvalue weighted by molar-refractivity contribution is 5.82. The van der Waals surface area contributed by atoms with Gasteiger partial charge in [0.2, 0.25) is 0 Å². The molecule has 118 valence electrons. The molecule has 0 spiro atoms. The second-order valence-corrected chi connectivity index (χ2v) is 5.00. The zero-order valence-corrected chi connectivity index (χ0v) is 12.8. The second-order valence-electron chi connectivity index (χ2n) is 5.00. The highest BCUT2D eigenvalue weighted by Crippen LogP contribution is 2.40. The molecule has 1 aliphatic carbocycles. The van der Waals surface area contributed by atoms with Crippen LogP contribution in [-0.2, 0) is 23.7 Å². The first kappa shape index (κ1) is 17.4. The fraction of sp³-hybridized carbons (Fsp3) is 0.929. The molecule has 1 aliphatic rings. The molecule has 0 aliphatic heterocycles. The van der Waals surface area contributed by atoms with Crippen LogP contribution in [0.4, 0.5) is 0 Å². The minimum absolute atomic E-state index is 0.247. The molecule has 1 N–H and O–H groups in total. The summed E-state index contributed by atoms with van der Waals surface area (Å²) < 4.78 is 20.8. The molecule has 0 radical (unpaired) electrons. The number of nitrogens with one attached hydrogen (secondary N) is 1. The molecule has 0 aromatic rings. The fourth-order valence-corrected chi connectivity index (χ4v) is 2.24. The molecule has 20 heavy (non-hydrogen) atoms. The van der Waals surface area contributed by atoms with E-state index in [4.69, 9.17) is 18.9 Å². The highest BCUT2D eigenvalue weighted by atomic mass is 16.5. The third-order valence-corrected chi connectivity index (χ3v) is 3.61. The number of ether oxygens (including phenoxy) is 4. The van der Waals surface area contributed by atoms with E-state index in [0.717, 1.165) is 19.3 Å². The largest absolute Gasteiger partial charge is 0.468 e. The molecule has 0 aromatic heterocycles. The van der Waals surface area contributed by atoms with Crippen LogP contribution in [0, 0.1) is 5.92 Å². The van der Waals surface area contributed by atoms with Gasteiger partial charge in [0.05, 0.1) is 26.9 Å². The van der Waals surface area contributed by atoms with E-state index in [1.54, 1.807) is 14.2 Å². The number of rotatable bonds is 12. The highest BCUT2D eigenvalue weighted by Gasteiger charge is 2.51. The average Bonchev–Trinajstić information content (AvgIpc) is 3.30. The summed E-state index contributed by atoms with van der Waals surface area (Å²) in [7, 11) is 4.86. The quantitative estimate of drug-likeness (QED) is 0.419. The molecule has 0 aromatic carbocycles. The first-order chi connectivity index (χ1) is 9.71. The Morgan fingerprint density at radius 3 is 2.40 bits per heavy atom. The molecule has 1 fully saturated rings. The van der Waals surface area contributed by atoms with E-state index in [1.165, 1.54) is 7.11 Å². The molecular weight excluding hydrogens is 262 g/mol. The number of esters is 1. The number of likely N-dealkylation sites (N-methyl/N-ethyl adjacent to an activating group) is 1. The molecule has 6 heteroatoms. The summed E-state index contributed by atoms with van der Waals surface area (Å²) in [4.78, 5) is 12.0. The third kappa shape index (κ3) is 5.01. The molecule has 6 nitrogen and oxygen atoms in total. The van der Waals surface area contributed by atoms with E-state index in [9.17, 15) is 4.79 Å². The van der Waals surface area contributed by atoms with Gasteiger partial charge in [0.15, 0.2) is 0 Å². The summed E-state index contributed by atoms with van der Waals surface area (Å²) in [6, 6.07) is 0. The standard InChI is InChI=1S/C14H27NO5/c1-15-14(12-5-6-12,13(16)18-3)11-20-10-9-19-8-4-7-17-2/h12,15H,4-11H2,1-3H3. The molecule has 1 saturated carbocycles. The van der Waals surface area contributed by atoms with E-state index in [0.29, 0.717) is 39.0 Å². The van der Waals surface area contributed by atoms with Crippen LogP contribution in [0.25, 0.3) is 0 Å². The van der Waals surface area contributed by atoms with Gasteiger partial charge >= 0.3 is 5.97 Å². The van der Waals surface area contributed by atoms with E-state index in [-0.39, 0.29) is 5.97 Å². The van der Waals surface area contributed by atoms with Gasteiger partial charge in [-0.1, -0.05) is 0 Å². The lowest BCUT2D eigenvalue weighted by Gasteiger charge is -2.30. The Morgan fingerprint density at radius 2 is 1.85 bits per heavy atom. The van der Waals surface area contributed by atoms with Crippen molar-refractivity contribution in [2.75, 3.05) is 54.3 Å². The van der Waals surface area contributed by atoms with Crippen molar-refractivity contribution >= 4 is 5.97 Å². The predicted octanol–water partition coefficient (Wildman–Crippen LogP) is 0.597. The van der Waals surface area contributed by atoms with E-state index in [1.807, 2.05) is 0 Å². The SMILES string of the molecule is CNC(COCCOCCCOC)(C(=O)OC)C1CC1. The number of carbonyl (C=O) groups is 1. The summed E-state index contributed by atoms with van der Waals surface area (Å²) in [5, 5.41) is 3.09. The summed E-state index contributed by atoms with van der Waals surface area (Å²) in [6.07, 6.45) is 2.95. The molecule has 0 saturated heterocycles. The maximum Gasteiger partial charge on any atom is 0.328 e. The number of methoxy groups -OCH3 is 2. The lowest BCUT2D eigenvalue weighted by Crippen LogP contribution is -2.56. The van der Waals surface area contributed by atoms with Crippen molar-refractivity contribution in [2.24, 2.45) is 5.92 Å². The summed E-state index contributed by atoms with van der Waals surface area (Å²) >= 11 is 0. The van der Waals surface area contributed by atoms with Crippen LogP contribution in [0.5, 0.6) is 0 Å². The Hall–Kier alpha value is -0.690. The molecular formula is C14H27NO5. The second kappa shape index (κ2) is 9.28. The molecule has 0 bridgehead atoms. The third-order valence-electron chi connectivity index (χ3n) is 3.61. The van der Waals surface area contributed by atoms with Crippen LogP contribution < -0.4 is 5.32 Å². The smallest absolute Gasteiger partial charge is 0.328 e. The van der Waals surface area contributed by atoms with Crippen LogP contribution in [0.3, 0.4) is 0 Å². The monoisotopic (exact) mass is 289 g/mol. The summed E-state index contributed by atoms with van der Waals surface area (Å²) in [5.41, 5.74) is -0.704. The lowest BCUT2D eigenvalue weighted by molar-refractivity contribution is -0.153. The maximum absolute atomic E-state index is 12.0. The van der Waals surface area contributed by atoms with Gasteiger partial charge in [-0.3, -0.25) is 0 Å². The number of hydrogen-bond donors (Lipinski definition) is 1. The lowest BCUT2D eigenvalue weighted by atomic mass is 9.94. The molecule has 1 unspecified atom stereocenters. The summed E-state index contributed by atoms with van der Waals surface area (Å²) in [6.45, 7) is 2.68. The van der Waals surface area contributed by atoms with Crippen LogP contribution in [0.15, 0.2) is 0 Å². The van der Waals surface area contributed by atoms with Crippen molar-refractivity contribution in [1.29, 1.82) is 0 Å². The maximum atomic E-state index is 12.0. The van der Waals surface area contributed by atoms with Crippen LogP contribution in [-0.4, -0.2) is 65.8 Å². The average molecular weight is 289 g/mol. The van der Waals surface area contributed by atoms with Gasteiger partial charge in [-0.15, -0.1) is 0 Å². The minimum Gasteiger partial charge on any atom is -0.468 e. The van der Waals surface area contributed by atoms with Gasteiger partial charge in [-0.25, -0.2) is 4.79 Å². The van der Waals surface area contributed by atoms with Gasteiger partial charge in [0.1, 0.15) is 5.54 Å². The number of carbonyl (C=O) groups excluding carboxylic acids is 1. The Balaban J connectivity index is 2.21. The first-order valence-electron chi connectivity index (χ1n) is 7.13. The van der Waals surface area contributed by atoms with Gasteiger partial charge in [-0.2, -0.15) is 0 Å². The van der Waals surface area contributed by atoms with Crippen LogP contribution >= 0.6 is 0 Å². The van der Waals surface area contributed by atoms with Crippen molar-refractivity contribution in [1.82, 2.24) is 5.32 Å². The topological polar surface area (TPSA) is 66.0 Å². The zero-order valence-electron chi connectivity index (χ0n) is 12.8. The Morgan fingerprint density at radius 1 is 1.15 bits per heavy atom. The molecule has 0 heterocycles. The Bertz CT molecular complexity index is 283. The Kier molecular flexibility index (Phi) is 8.06. The van der Waals surface area contributed by atoms with Gasteiger partial charge in [0.25, 0.3) is 0 Å². The summed E-state index contributed by atoms with van der Waals surface area (Å²) in [5.74, 6) is 0.0612. The normalized spacial score (nSPS) is 17.8. The van der Waals surface area contributed by atoms with E-state index >= 15 is 0 Å². The Labute approximate surface area is 121 Å². The molecule has 0 amide bonds. The zero-order chi connectivity index (χ0) is 14.8. The van der Waals surface area contributed by atoms with Crippen LogP contribution in [0.1, 0.15) is 19.3 Å². The predicted molar refractivity (Wildman–Crippen MR) is 74.7 cm³/mol. The van der Waals surface area contributed by atoms with Crippen molar-refractivity contribution in [3.63, 3.8) is 0 Å². The van der Waals surface area contributed by atoms with Crippen molar-refractivity contribution in [2.45, 2.75) is 24.8 Å². The van der Waals surface area contributed by atoms with Gasteiger partial charge < -0.3 is 24.3 Å². The molecule has 1 atom stereocenters. The first-order valence-corrected chi connectivity index (χ1v) is 7.13. The van der Waals surface area contributed by atoms with Gasteiger partial charge in [0, 0.05) is 20.3 Å². The fourth-order valence-electron chi connectivity index (χ4n) is 2.24. The van der Waals surface area contributed by atoms with Crippen molar-refractivity contribution in [3.05, 3.63) is 0 Å². The van der Waals surface area contributed by atoms with E-state index < -0.39 is 5.54 Å². The molecule has 1 rings (SSSR count). The van der Waals surface area contributed by atoms with Crippen molar-refractivity contribution in [3.8, 4) is 0 Å². The van der Waals surface area contributed by atoms with Crippen molar-refractivity contribution < 1.29 is 23.7 Å².